The zero-order chi connectivity index (χ0) is 37.9. The Morgan fingerprint density at radius 1 is 1.08 bits per heavy atom. The molecule has 4 aromatic heterocycles. The highest BCUT2D eigenvalue weighted by Crippen LogP contribution is 2.45. The largest absolute Gasteiger partial charge is 0.494 e. The first kappa shape index (κ1) is 36.2. The maximum absolute atomic E-state index is 15.1. The number of pyridine rings is 1. The lowest BCUT2D eigenvalue weighted by Gasteiger charge is -2.34. The SMILES string of the molecule is C/C(N=N)=N/Nc1ccc2c(n1)c(N1C[C@@H](C)n3c(c(CCCOc4cc(C)c(Cl)c(C)c4)c4ccc(Cl)c(-c5c(C)nn(C)c5C)c43)C1=O)cn2C. The lowest BCUT2D eigenvalue weighted by atomic mass is 9.98. The van der Waals surface area contributed by atoms with Crippen molar-refractivity contribution in [3.63, 3.8) is 0 Å². The summed E-state index contributed by atoms with van der Waals surface area (Å²) < 4.78 is 12.3. The molecule has 0 spiro atoms. The molecule has 1 amide bonds. The average Bonchev–Trinajstić information content (AvgIpc) is 3.73. The fourth-order valence-electron chi connectivity index (χ4n) is 7.60. The number of aryl methyl sites for hydroxylation is 6. The number of nitrogens with one attached hydrogen (secondary N) is 2. The summed E-state index contributed by atoms with van der Waals surface area (Å²) in [5.41, 5.74) is 20.5. The number of hydrogen-bond donors (Lipinski definition) is 2. The van der Waals surface area contributed by atoms with Crippen LogP contribution in [0.1, 0.15) is 64.9 Å². The Balaban J connectivity index is 1.35. The van der Waals surface area contributed by atoms with Crippen molar-refractivity contribution in [1.29, 1.82) is 5.53 Å². The first-order valence-corrected chi connectivity index (χ1v) is 18.3. The molecule has 274 valence electrons. The number of ether oxygens (including phenoxy) is 1. The molecule has 6 aromatic rings. The summed E-state index contributed by atoms with van der Waals surface area (Å²) in [4.78, 5) is 21.8. The molecule has 0 saturated heterocycles. The van der Waals surface area contributed by atoms with Gasteiger partial charge in [0.05, 0.1) is 34.0 Å². The zero-order valence-corrected chi connectivity index (χ0v) is 32.6. The number of nitrogens with zero attached hydrogens (tertiary/aromatic N) is 8. The van der Waals surface area contributed by atoms with Crippen molar-refractivity contribution in [2.24, 2.45) is 24.3 Å². The summed E-state index contributed by atoms with van der Waals surface area (Å²) in [6, 6.07) is 11.5. The van der Waals surface area contributed by atoms with Gasteiger partial charge >= 0.3 is 0 Å². The van der Waals surface area contributed by atoms with E-state index in [0.29, 0.717) is 53.7 Å². The van der Waals surface area contributed by atoms with E-state index < -0.39 is 0 Å². The number of halogens is 2. The molecule has 1 atom stereocenters. The van der Waals surface area contributed by atoms with Crippen LogP contribution in [-0.2, 0) is 20.5 Å². The summed E-state index contributed by atoms with van der Waals surface area (Å²) in [5, 5.41) is 14.5. The Morgan fingerprint density at radius 2 is 1.81 bits per heavy atom. The van der Waals surface area contributed by atoms with Gasteiger partial charge in [-0.2, -0.15) is 10.2 Å². The third-order valence-corrected chi connectivity index (χ3v) is 11.1. The highest BCUT2D eigenvalue weighted by molar-refractivity contribution is 6.35. The molecule has 0 unspecified atom stereocenters. The molecule has 1 aliphatic heterocycles. The topological polar surface area (TPSA) is 131 Å². The molecule has 0 aliphatic carbocycles. The van der Waals surface area contributed by atoms with Gasteiger partial charge in [-0.3, -0.25) is 14.9 Å². The van der Waals surface area contributed by atoms with E-state index in [1.54, 1.807) is 6.92 Å². The van der Waals surface area contributed by atoms with Gasteiger partial charge in [-0.25, -0.2) is 10.5 Å². The number of amides is 1. The van der Waals surface area contributed by atoms with Crippen LogP contribution in [0.4, 0.5) is 11.5 Å². The molecule has 12 nitrogen and oxygen atoms in total. The molecule has 2 aromatic carbocycles. The second-order valence-corrected chi connectivity index (χ2v) is 14.6. The number of fused-ring (bicyclic) bond motifs is 4. The van der Waals surface area contributed by atoms with Crippen LogP contribution in [0, 0.1) is 33.2 Å². The van der Waals surface area contributed by atoms with E-state index in [1.165, 1.54) is 0 Å². The second kappa shape index (κ2) is 14.0. The molecule has 0 bridgehead atoms. The Bertz CT molecular complexity index is 2470. The molecular weight excluding hydrogens is 711 g/mol. The molecule has 0 fully saturated rings. The first-order chi connectivity index (χ1) is 25.3. The van der Waals surface area contributed by atoms with Crippen molar-refractivity contribution in [3.8, 4) is 16.9 Å². The monoisotopic (exact) mass is 752 g/mol. The smallest absolute Gasteiger partial charge is 0.275 e. The summed E-state index contributed by atoms with van der Waals surface area (Å²) >= 11 is 13.5. The standard InChI is InChI=1S/C39H42Cl2N10O2/c1-20-16-26(17-21(2)35(20)41)53-15-9-10-27-28-11-12-29(40)34(33-23(4)47-49(8)24(33)5)37(28)51-22(3)18-50(39(52)38(27)51)31-19-48(7)30-13-14-32(43-36(30)31)46-45-25(6)44-42/h11-14,16-17,19,22,42H,9-10,15,18H2,1-8H3,(H,43,46)/b44-42?,45-25-/t22-/m1/s1. The summed E-state index contributed by atoms with van der Waals surface area (Å²) in [6.45, 7) is 12.6. The van der Waals surface area contributed by atoms with Gasteiger partial charge < -0.3 is 18.8 Å². The number of hydrazone groups is 1. The van der Waals surface area contributed by atoms with E-state index in [-0.39, 0.29) is 17.8 Å². The summed E-state index contributed by atoms with van der Waals surface area (Å²) in [5.74, 6) is 1.40. The fourth-order valence-corrected chi connectivity index (χ4v) is 7.96. The van der Waals surface area contributed by atoms with Crippen LogP contribution in [0.5, 0.6) is 5.75 Å². The van der Waals surface area contributed by atoms with Crippen molar-refractivity contribution in [1.82, 2.24) is 23.9 Å². The molecule has 2 N–H and O–H groups in total. The zero-order valence-electron chi connectivity index (χ0n) is 31.1. The van der Waals surface area contributed by atoms with Crippen LogP contribution in [0.15, 0.2) is 52.8 Å². The fraction of sp³-hybridized carbons (Fsp3) is 0.333. The predicted molar refractivity (Wildman–Crippen MR) is 212 cm³/mol. The molecular formula is C39H42Cl2N10O2. The van der Waals surface area contributed by atoms with E-state index in [0.717, 1.165) is 66.4 Å². The van der Waals surface area contributed by atoms with Crippen LogP contribution >= 0.6 is 23.2 Å². The van der Waals surface area contributed by atoms with E-state index in [2.05, 4.69) is 27.1 Å². The summed E-state index contributed by atoms with van der Waals surface area (Å²) in [7, 11) is 3.88. The number of rotatable bonds is 9. The molecule has 53 heavy (non-hydrogen) atoms. The van der Waals surface area contributed by atoms with E-state index in [9.17, 15) is 0 Å². The van der Waals surface area contributed by atoms with Gasteiger partial charge in [-0.05, 0) is 101 Å². The van der Waals surface area contributed by atoms with Crippen LogP contribution in [0.3, 0.4) is 0 Å². The molecule has 0 radical (unpaired) electrons. The lowest BCUT2D eigenvalue weighted by Crippen LogP contribution is -2.42. The summed E-state index contributed by atoms with van der Waals surface area (Å²) in [6.07, 6.45) is 3.22. The minimum atomic E-state index is -0.118. The predicted octanol–water partition coefficient (Wildman–Crippen LogP) is 9.48. The normalized spacial score (nSPS) is 14.8. The van der Waals surface area contributed by atoms with Crippen molar-refractivity contribution in [2.75, 3.05) is 23.5 Å². The third-order valence-electron chi connectivity index (χ3n) is 10.2. The van der Waals surface area contributed by atoms with Crippen LogP contribution in [0.2, 0.25) is 10.0 Å². The van der Waals surface area contributed by atoms with Crippen molar-refractivity contribution < 1.29 is 9.53 Å². The van der Waals surface area contributed by atoms with Crippen LogP contribution < -0.4 is 15.1 Å². The molecule has 1 aliphatic rings. The van der Waals surface area contributed by atoms with Crippen LogP contribution in [0.25, 0.3) is 33.1 Å². The van der Waals surface area contributed by atoms with Gasteiger partial charge in [0.15, 0.2) is 5.84 Å². The third kappa shape index (κ3) is 6.23. The van der Waals surface area contributed by atoms with Gasteiger partial charge in [0.25, 0.3) is 5.91 Å². The van der Waals surface area contributed by atoms with Gasteiger partial charge in [-0.1, -0.05) is 29.3 Å². The van der Waals surface area contributed by atoms with Gasteiger partial charge in [-0.15, -0.1) is 5.11 Å². The number of carbonyl (C=O) groups is 1. The molecule has 14 heteroatoms. The number of anilines is 2. The van der Waals surface area contributed by atoms with E-state index in [1.807, 2.05) is 98.5 Å². The Morgan fingerprint density at radius 3 is 2.49 bits per heavy atom. The Labute approximate surface area is 317 Å². The quantitative estimate of drug-likeness (QED) is 0.0500. The molecule has 5 heterocycles. The lowest BCUT2D eigenvalue weighted by molar-refractivity contribution is 0.0957. The molecule has 7 rings (SSSR count). The van der Waals surface area contributed by atoms with Crippen molar-refractivity contribution in [3.05, 3.63) is 86.4 Å². The van der Waals surface area contributed by atoms with E-state index in [4.69, 9.17) is 43.6 Å². The number of benzene rings is 2. The first-order valence-electron chi connectivity index (χ1n) is 17.5. The maximum atomic E-state index is 15.1. The highest BCUT2D eigenvalue weighted by atomic mass is 35.5. The van der Waals surface area contributed by atoms with Crippen molar-refractivity contribution >= 4 is 68.4 Å². The number of hydrogen-bond acceptors (Lipinski definition) is 7. The van der Waals surface area contributed by atoms with Gasteiger partial charge in [0.2, 0.25) is 0 Å². The van der Waals surface area contributed by atoms with Crippen LogP contribution in [-0.4, -0.2) is 48.8 Å². The minimum Gasteiger partial charge on any atom is -0.494 e. The number of aromatic nitrogens is 5. The minimum absolute atomic E-state index is 0.115. The highest BCUT2D eigenvalue weighted by Gasteiger charge is 2.38. The number of carbonyl (C=O) groups excluding carboxylic acids is 1. The Kier molecular flexibility index (Phi) is 9.54. The van der Waals surface area contributed by atoms with E-state index >= 15 is 4.79 Å². The molecule has 0 saturated carbocycles. The Hall–Kier alpha value is -5.20. The van der Waals surface area contributed by atoms with Crippen molar-refractivity contribution in [2.45, 2.75) is 60.4 Å². The average molecular weight is 754 g/mol. The van der Waals surface area contributed by atoms with Gasteiger partial charge in [0.1, 0.15) is 22.8 Å². The van der Waals surface area contributed by atoms with Gasteiger partial charge in [0, 0.05) is 60.1 Å². The second-order valence-electron chi connectivity index (χ2n) is 13.8. The maximum Gasteiger partial charge on any atom is 0.275 e. The number of amidine groups is 1.